The van der Waals surface area contributed by atoms with Crippen molar-refractivity contribution in [1.82, 2.24) is 10.6 Å². The standard InChI is InChI=1S/C11H20N2OS/c14-11(9-3-5-12-6-4-9)13-10-2-1-7-15-8-10/h9-10,12H,1-8H2,(H,13,14). The van der Waals surface area contributed by atoms with Crippen LogP contribution in [0.5, 0.6) is 0 Å². The van der Waals surface area contributed by atoms with Gasteiger partial charge in [-0.3, -0.25) is 4.79 Å². The van der Waals surface area contributed by atoms with E-state index in [4.69, 9.17) is 0 Å². The molecular weight excluding hydrogens is 208 g/mol. The molecule has 0 aromatic rings. The van der Waals surface area contributed by atoms with Crippen molar-refractivity contribution in [2.24, 2.45) is 5.92 Å². The summed E-state index contributed by atoms with van der Waals surface area (Å²) in [6, 6.07) is 0.436. The van der Waals surface area contributed by atoms with Gasteiger partial charge in [0.25, 0.3) is 0 Å². The molecule has 2 rings (SSSR count). The molecule has 0 saturated carbocycles. The number of thioether (sulfide) groups is 1. The van der Waals surface area contributed by atoms with Crippen LogP contribution in [0.25, 0.3) is 0 Å². The number of nitrogens with one attached hydrogen (secondary N) is 2. The number of rotatable bonds is 2. The van der Waals surface area contributed by atoms with Crippen molar-refractivity contribution in [2.75, 3.05) is 24.6 Å². The molecule has 0 bridgehead atoms. The molecule has 0 aromatic heterocycles. The van der Waals surface area contributed by atoms with Gasteiger partial charge in [-0.2, -0.15) is 11.8 Å². The second kappa shape index (κ2) is 5.75. The molecule has 0 aromatic carbocycles. The highest BCUT2D eigenvalue weighted by atomic mass is 32.2. The minimum absolute atomic E-state index is 0.262. The fourth-order valence-electron chi connectivity index (χ4n) is 2.26. The van der Waals surface area contributed by atoms with Gasteiger partial charge in [-0.25, -0.2) is 0 Å². The van der Waals surface area contributed by atoms with Crippen molar-refractivity contribution < 1.29 is 4.79 Å². The Balaban J connectivity index is 1.74. The molecule has 2 N–H and O–H groups in total. The normalized spacial score (nSPS) is 28.7. The Morgan fingerprint density at radius 2 is 2.07 bits per heavy atom. The molecular formula is C11H20N2OS. The molecule has 2 fully saturated rings. The molecule has 86 valence electrons. The molecule has 0 radical (unpaired) electrons. The van der Waals surface area contributed by atoms with Crippen molar-refractivity contribution in [1.29, 1.82) is 0 Å². The smallest absolute Gasteiger partial charge is 0.223 e. The monoisotopic (exact) mass is 228 g/mol. The highest BCUT2D eigenvalue weighted by molar-refractivity contribution is 7.99. The minimum Gasteiger partial charge on any atom is -0.352 e. The Labute approximate surface area is 95.8 Å². The third-order valence-corrected chi connectivity index (χ3v) is 4.43. The quantitative estimate of drug-likeness (QED) is 0.741. The number of amides is 1. The predicted molar refractivity (Wildman–Crippen MR) is 64.1 cm³/mol. The van der Waals surface area contributed by atoms with E-state index >= 15 is 0 Å². The van der Waals surface area contributed by atoms with Gasteiger partial charge in [0, 0.05) is 17.7 Å². The first-order valence-electron chi connectivity index (χ1n) is 5.95. The molecule has 1 unspecified atom stereocenters. The first kappa shape index (κ1) is 11.3. The van der Waals surface area contributed by atoms with E-state index in [0.29, 0.717) is 11.9 Å². The van der Waals surface area contributed by atoms with Crippen LogP contribution in [0.15, 0.2) is 0 Å². The summed E-state index contributed by atoms with van der Waals surface area (Å²) in [6.07, 6.45) is 4.43. The van der Waals surface area contributed by atoms with Crippen molar-refractivity contribution in [2.45, 2.75) is 31.7 Å². The van der Waals surface area contributed by atoms with Gasteiger partial charge in [0.05, 0.1) is 0 Å². The molecule has 4 heteroatoms. The van der Waals surface area contributed by atoms with E-state index in [1.165, 1.54) is 18.6 Å². The average molecular weight is 228 g/mol. The van der Waals surface area contributed by atoms with Crippen molar-refractivity contribution in [3.8, 4) is 0 Å². The third kappa shape index (κ3) is 3.38. The molecule has 15 heavy (non-hydrogen) atoms. The van der Waals surface area contributed by atoms with E-state index in [1.54, 1.807) is 0 Å². The third-order valence-electron chi connectivity index (χ3n) is 3.22. The lowest BCUT2D eigenvalue weighted by molar-refractivity contribution is -0.126. The topological polar surface area (TPSA) is 41.1 Å². The van der Waals surface area contributed by atoms with Crippen molar-refractivity contribution in [3.63, 3.8) is 0 Å². The maximum atomic E-state index is 11.9. The Morgan fingerprint density at radius 1 is 1.27 bits per heavy atom. The number of hydrogen-bond donors (Lipinski definition) is 2. The largest absolute Gasteiger partial charge is 0.352 e. The average Bonchev–Trinajstić information content (AvgIpc) is 2.31. The number of piperidine rings is 1. The zero-order valence-electron chi connectivity index (χ0n) is 9.13. The van der Waals surface area contributed by atoms with Crippen LogP contribution in [0.4, 0.5) is 0 Å². The SMILES string of the molecule is O=C(NC1CCCSC1)C1CCNCC1. The first-order valence-corrected chi connectivity index (χ1v) is 7.10. The van der Waals surface area contributed by atoms with Gasteiger partial charge < -0.3 is 10.6 Å². The molecule has 3 nitrogen and oxygen atoms in total. The molecule has 2 aliphatic rings. The molecule has 1 atom stereocenters. The van der Waals surface area contributed by atoms with E-state index in [-0.39, 0.29) is 5.92 Å². The highest BCUT2D eigenvalue weighted by Crippen LogP contribution is 2.18. The lowest BCUT2D eigenvalue weighted by Gasteiger charge is -2.27. The summed E-state index contributed by atoms with van der Waals surface area (Å²) in [4.78, 5) is 11.9. The summed E-state index contributed by atoms with van der Waals surface area (Å²) in [5.74, 6) is 2.93. The Hall–Kier alpha value is -0.220. The lowest BCUT2D eigenvalue weighted by atomic mass is 9.97. The summed E-state index contributed by atoms with van der Waals surface area (Å²) in [6.45, 7) is 2.00. The molecule has 2 saturated heterocycles. The molecule has 0 spiro atoms. The van der Waals surface area contributed by atoms with E-state index < -0.39 is 0 Å². The van der Waals surface area contributed by atoms with Gasteiger partial charge in [-0.15, -0.1) is 0 Å². The van der Waals surface area contributed by atoms with Crippen LogP contribution in [-0.2, 0) is 4.79 Å². The van der Waals surface area contributed by atoms with Crippen molar-refractivity contribution >= 4 is 17.7 Å². The van der Waals surface area contributed by atoms with Crippen LogP contribution >= 0.6 is 11.8 Å². The van der Waals surface area contributed by atoms with Crippen LogP contribution < -0.4 is 10.6 Å². The van der Waals surface area contributed by atoms with Crippen LogP contribution in [0.2, 0.25) is 0 Å². The lowest BCUT2D eigenvalue weighted by Crippen LogP contribution is -2.44. The first-order chi connectivity index (χ1) is 7.36. The van der Waals surface area contributed by atoms with E-state index in [0.717, 1.165) is 31.7 Å². The highest BCUT2D eigenvalue weighted by Gasteiger charge is 2.23. The van der Waals surface area contributed by atoms with Gasteiger partial charge in [-0.1, -0.05) is 0 Å². The molecule has 2 heterocycles. The van der Waals surface area contributed by atoms with E-state index in [1.807, 2.05) is 11.8 Å². The van der Waals surface area contributed by atoms with Gasteiger partial charge in [0.1, 0.15) is 0 Å². The van der Waals surface area contributed by atoms with Gasteiger partial charge >= 0.3 is 0 Å². The summed E-state index contributed by atoms with van der Waals surface area (Å²) in [5.41, 5.74) is 0. The fraction of sp³-hybridized carbons (Fsp3) is 0.909. The Morgan fingerprint density at radius 3 is 2.73 bits per heavy atom. The van der Waals surface area contributed by atoms with Crippen LogP contribution in [0.3, 0.4) is 0 Å². The second-order valence-corrected chi connectivity index (χ2v) is 5.60. The fourth-order valence-corrected chi connectivity index (χ4v) is 3.33. The van der Waals surface area contributed by atoms with Crippen LogP contribution in [-0.4, -0.2) is 36.5 Å². The number of carbonyl (C=O) groups is 1. The van der Waals surface area contributed by atoms with Crippen molar-refractivity contribution in [3.05, 3.63) is 0 Å². The predicted octanol–water partition coefficient (Wildman–Crippen LogP) is 0.998. The summed E-state index contributed by atoms with van der Waals surface area (Å²) >= 11 is 1.96. The molecule has 0 aliphatic carbocycles. The second-order valence-electron chi connectivity index (χ2n) is 4.45. The number of carbonyl (C=O) groups excluding carboxylic acids is 1. The maximum Gasteiger partial charge on any atom is 0.223 e. The summed E-state index contributed by atoms with van der Waals surface area (Å²) in [5, 5.41) is 6.49. The van der Waals surface area contributed by atoms with E-state index in [9.17, 15) is 4.79 Å². The van der Waals surface area contributed by atoms with Crippen LogP contribution in [0.1, 0.15) is 25.7 Å². The van der Waals surface area contributed by atoms with Gasteiger partial charge in [0.2, 0.25) is 5.91 Å². The Bertz CT molecular complexity index is 211. The van der Waals surface area contributed by atoms with E-state index in [2.05, 4.69) is 10.6 Å². The van der Waals surface area contributed by atoms with Crippen LogP contribution in [0, 0.1) is 5.92 Å². The van der Waals surface area contributed by atoms with Gasteiger partial charge in [0.15, 0.2) is 0 Å². The maximum absolute atomic E-state index is 11.9. The summed E-state index contributed by atoms with van der Waals surface area (Å²) in [7, 11) is 0. The zero-order valence-corrected chi connectivity index (χ0v) is 9.94. The Kier molecular flexibility index (Phi) is 4.32. The number of hydrogen-bond acceptors (Lipinski definition) is 3. The minimum atomic E-state index is 0.262. The van der Waals surface area contributed by atoms with Gasteiger partial charge in [-0.05, 0) is 44.5 Å². The molecule has 1 amide bonds. The summed E-state index contributed by atoms with van der Waals surface area (Å²) < 4.78 is 0. The molecule has 2 aliphatic heterocycles. The zero-order chi connectivity index (χ0) is 10.5.